The van der Waals surface area contributed by atoms with Crippen molar-refractivity contribution in [1.29, 1.82) is 0 Å². The maximum Gasteiger partial charge on any atom is 0.273 e. The molecule has 0 unspecified atom stereocenters. The molecule has 0 saturated carbocycles. The van der Waals surface area contributed by atoms with E-state index in [9.17, 15) is 4.79 Å². The number of rotatable bonds is 6. The molecule has 0 atom stereocenters. The Labute approximate surface area is 198 Å². The van der Waals surface area contributed by atoms with Gasteiger partial charge >= 0.3 is 0 Å². The molecule has 0 N–H and O–H groups in total. The molecule has 0 radical (unpaired) electrons. The van der Waals surface area contributed by atoms with E-state index in [2.05, 4.69) is 48.3 Å². The zero-order valence-electron chi connectivity index (χ0n) is 17.7. The number of hydrogen-bond donors (Lipinski definition) is 0. The first kappa shape index (κ1) is 21.2. The van der Waals surface area contributed by atoms with Gasteiger partial charge in [-0.05, 0) is 40.1 Å². The lowest BCUT2D eigenvalue weighted by Gasteiger charge is -2.11. The minimum Gasteiger partial charge on any atom is -0.271 e. The van der Waals surface area contributed by atoms with E-state index in [1.54, 1.807) is 16.3 Å². The lowest BCUT2D eigenvalue weighted by molar-refractivity contribution is 0.764. The van der Waals surface area contributed by atoms with Crippen molar-refractivity contribution >= 4 is 50.7 Å². The molecule has 32 heavy (non-hydrogen) atoms. The maximum absolute atomic E-state index is 13.3. The molecule has 0 aliphatic carbocycles. The number of hydrogen-bond acceptors (Lipinski definition) is 5. The van der Waals surface area contributed by atoms with Crippen molar-refractivity contribution in [1.82, 2.24) is 19.2 Å². The molecule has 0 amide bonds. The van der Waals surface area contributed by atoms with E-state index in [4.69, 9.17) is 11.6 Å². The van der Waals surface area contributed by atoms with Gasteiger partial charge in [0.05, 0.1) is 12.1 Å². The fraction of sp³-hybridized carbons (Fsp3) is 0.208. The normalized spacial score (nSPS) is 11.8. The van der Waals surface area contributed by atoms with Crippen molar-refractivity contribution in [2.75, 3.05) is 0 Å². The minimum atomic E-state index is -0.0366. The Kier molecular flexibility index (Phi) is 5.80. The summed E-state index contributed by atoms with van der Waals surface area (Å²) in [7, 11) is 0. The van der Waals surface area contributed by atoms with Crippen LogP contribution in [-0.2, 0) is 12.3 Å². The summed E-state index contributed by atoms with van der Waals surface area (Å²) in [6.07, 6.45) is 0. The van der Waals surface area contributed by atoms with E-state index in [0.29, 0.717) is 28.7 Å². The van der Waals surface area contributed by atoms with Crippen LogP contribution >= 0.6 is 34.7 Å². The van der Waals surface area contributed by atoms with Crippen LogP contribution in [0.1, 0.15) is 36.5 Å². The highest BCUT2D eigenvalue weighted by atomic mass is 35.5. The van der Waals surface area contributed by atoms with Crippen LogP contribution in [0, 0.1) is 0 Å². The number of benzene rings is 2. The van der Waals surface area contributed by atoms with E-state index < -0.39 is 0 Å². The van der Waals surface area contributed by atoms with Gasteiger partial charge in [-0.15, -0.1) is 21.5 Å². The summed E-state index contributed by atoms with van der Waals surface area (Å²) in [6, 6.07) is 18.2. The summed E-state index contributed by atoms with van der Waals surface area (Å²) < 4.78 is 4.41. The van der Waals surface area contributed by atoms with Gasteiger partial charge in [0.1, 0.15) is 4.70 Å². The van der Waals surface area contributed by atoms with E-state index in [1.165, 1.54) is 16.9 Å². The average Bonchev–Trinajstić information content (AvgIpc) is 3.43. The molecule has 8 heteroatoms. The molecule has 5 rings (SSSR count). The Morgan fingerprint density at radius 1 is 1.06 bits per heavy atom. The van der Waals surface area contributed by atoms with Gasteiger partial charge in [0.15, 0.2) is 5.16 Å². The van der Waals surface area contributed by atoms with Crippen LogP contribution in [-0.4, -0.2) is 19.2 Å². The van der Waals surface area contributed by atoms with Gasteiger partial charge in [-0.25, -0.2) is 0 Å². The molecule has 0 bridgehead atoms. The van der Waals surface area contributed by atoms with Gasteiger partial charge < -0.3 is 0 Å². The van der Waals surface area contributed by atoms with Crippen molar-refractivity contribution in [2.45, 2.75) is 37.2 Å². The van der Waals surface area contributed by atoms with Gasteiger partial charge in [-0.3, -0.25) is 13.8 Å². The lowest BCUT2D eigenvalue weighted by atomic mass is 10.0. The highest BCUT2D eigenvalue weighted by molar-refractivity contribution is 7.98. The van der Waals surface area contributed by atoms with Crippen molar-refractivity contribution in [2.24, 2.45) is 0 Å². The van der Waals surface area contributed by atoms with Gasteiger partial charge in [0.25, 0.3) is 5.56 Å². The first-order valence-corrected chi connectivity index (χ1v) is 12.6. The molecular weight excluding hydrogens is 460 g/mol. The zero-order chi connectivity index (χ0) is 22.2. The predicted molar refractivity (Wildman–Crippen MR) is 133 cm³/mol. The predicted octanol–water partition coefficient (Wildman–Crippen LogP) is 6.22. The standard InChI is InChI=1S/C24H21ClN4OS2/c1-15(2)17-9-7-16(8-10-17)13-28-22(30)21-20(11-12-31-21)29-23(28)26-27-24(29)32-14-18-5-3-4-6-19(18)25/h3-12,15H,13-14H2,1-2H3. The van der Waals surface area contributed by atoms with Gasteiger partial charge in [0, 0.05) is 10.8 Å². The number of aromatic nitrogens is 4. The van der Waals surface area contributed by atoms with Crippen molar-refractivity contribution in [3.8, 4) is 0 Å². The number of thioether (sulfide) groups is 1. The average molecular weight is 481 g/mol. The highest BCUT2D eigenvalue weighted by Gasteiger charge is 2.18. The number of nitrogens with zero attached hydrogens (tertiary/aromatic N) is 4. The quantitative estimate of drug-likeness (QED) is 0.270. The SMILES string of the molecule is CC(C)c1ccc(Cn2c(=O)c3sccc3n3c(SCc4ccccc4Cl)nnc23)cc1. The third-order valence-corrected chi connectivity index (χ3v) is 7.72. The van der Waals surface area contributed by atoms with E-state index in [0.717, 1.165) is 26.8 Å². The summed E-state index contributed by atoms with van der Waals surface area (Å²) in [5, 5.41) is 12.3. The highest BCUT2D eigenvalue weighted by Crippen LogP contribution is 2.29. The topological polar surface area (TPSA) is 52.2 Å². The van der Waals surface area contributed by atoms with Crippen LogP contribution in [0.2, 0.25) is 5.02 Å². The molecule has 3 aromatic heterocycles. The molecular formula is C24H21ClN4OS2. The zero-order valence-corrected chi connectivity index (χ0v) is 20.0. The van der Waals surface area contributed by atoms with Gasteiger partial charge in [-0.1, -0.05) is 79.7 Å². The summed E-state index contributed by atoms with van der Waals surface area (Å²) >= 11 is 9.34. The third-order valence-electron chi connectivity index (χ3n) is 5.48. The molecule has 5 aromatic rings. The number of thiophene rings is 1. The number of halogens is 1. The monoisotopic (exact) mass is 480 g/mol. The molecule has 0 aliphatic heterocycles. The Morgan fingerprint density at radius 2 is 1.84 bits per heavy atom. The Morgan fingerprint density at radius 3 is 2.59 bits per heavy atom. The summed E-state index contributed by atoms with van der Waals surface area (Å²) in [5.74, 6) is 1.69. The van der Waals surface area contributed by atoms with Gasteiger partial charge in [0.2, 0.25) is 5.78 Å². The molecule has 0 saturated heterocycles. The first-order valence-electron chi connectivity index (χ1n) is 10.3. The largest absolute Gasteiger partial charge is 0.273 e. The second kappa shape index (κ2) is 8.73. The first-order chi connectivity index (χ1) is 15.5. The van der Waals surface area contributed by atoms with Crippen LogP contribution in [0.25, 0.3) is 16.0 Å². The smallest absolute Gasteiger partial charge is 0.271 e. The third kappa shape index (κ3) is 3.85. The van der Waals surface area contributed by atoms with Crippen LogP contribution in [0.15, 0.2) is 69.9 Å². The maximum atomic E-state index is 13.3. The molecule has 162 valence electrons. The van der Waals surface area contributed by atoms with Crippen LogP contribution in [0.5, 0.6) is 0 Å². The van der Waals surface area contributed by atoms with Crippen LogP contribution < -0.4 is 5.56 Å². The summed E-state index contributed by atoms with van der Waals surface area (Å²) in [4.78, 5) is 13.3. The van der Waals surface area contributed by atoms with E-state index in [-0.39, 0.29) is 5.56 Å². The Balaban J connectivity index is 1.57. The van der Waals surface area contributed by atoms with Crippen LogP contribution in [0.4, 0.5) is 0 Å². The second-order valence-corrected chi connectivity index (χ2v) is 10.2. The van der Waals surface area contributed by atoms with Crippen molar-refractivity contribution in [3.63, 3.8) is 0 Å². The molecule has 0 fully saturated rings. The minimum absolute atomic E-state index is 0.0366. The van der Waals surface area contributed by atoms with E-state index in [1.807, 2.05) is 40.1 Å². The van der Waals surface area contributed by atoms with E-state index >= 15 is 0 Å². The fourth-order valence-electron chi connectivity index (χ4n) is 3.68. The summed E-state index contributed by atoms with van der Waals surface area (Å²) in [6.45, 7) is 4.79. The fourth-order valence-corrected chi connectivity index (χ4v) is 5.73. The lowest BCUT2D eigenvalue weighted by Crippen LogP contribution is -2.23. The Hall–Kier alpha value is -2.61. The molecule has 2 aromatic carbocycles. The second-order valence-electron chi connectivity index (χ2n) is 7.92. The van der Waals surface area contributed by atoms with Crippen molar-refractivity contribution in [3.05, 3.63) is 92.0 Å². The molecule has 0 aliphatic rings. The van der Waals surface area contributed by atoms with Crippen molar-refractivity contribution < 1.29 is 0 Å². The number of fused-ring (bicyclic) bond motifs is 3. The summed E-state index contributed by atoms with van der Waals surface area (Å²) in [5.41, 5.74) is 4.18. The molecule has 5 nitrogen and oxygen atoms in total. The molecule has 0 spiro atoms. The molecule has 3 heterocycles. The van der Waals surface area contributed by atoms with Gasteiger partial charge in [-0.2, -0.15) is 0 Å². The Bertz CT molecular complexity index is 1470. The van der Waals surface area contributed by atoms with Crippen LogP contribution in [0.3, 0.4) is 0 Å².